The first-order chi connectivity index (χ1) is 6.61. The highest BCUT2D eigenvalue weighted by Crippen LogP contribution is 2.33. The summed E-state index contributed by atoms with van der Waals surface area (Å²) in [5, 5.41) is 17.7. The Balaban J connectivity index is 2.87. The van der Waals surface area contributed by atoms with E-state index in [0.29, 0.717) is 0 Å². The molecule has 0 unspecified atom stereocenters. The lowest BCUT2D eigenvalue weighted by Crippen LogP contribution is -1.92. The monoisotopic (exact) mass is 196 g/mol. The number of hydrogen-bond acceptors (Lipinski definition) is 3. The van der Waals surface area contributed by atoms with E-state index in [1.54, 1.807) is 0 Å². The van der Waals surface area contributed by atoms with Gasteiger partial charge < -0.3 is 14.6 Å². The first-order valence-electron chi connectivity index (χ1n) is 3.74. The summed E-state index contributed by atoms with van der Waals surface area (Å²) in [7, 11) is 0. The van der Waals surface area contributed by atoms with Crippen molar-refractivity contribution in [2.24, 2.45) is 0 Å². The molecule has 14 heavy (non-hydrogen) atoms. The molecule has 0 fully saturated rings. The second kappa shape index (κ2) is 2.73. The number of carbonyl (C=O) groups is 1. The van der Waals surface area contributed by atoms with E-state index in [9.17, 15) is 14.3 Å². The minimum atomic E-state index is -1.43. The first-order valence-corrected chi connectivity index (χ1v) is 3.74. The van der Waals surface area contributed by atoms with Crippen LogP contribution in [0.15, 0.2) is 22.6 Å². The van der Waals surface area contributed by atoms with Gasteiger partial charge in [-0.25, -0.2) is 9.18 Å². The Hall–Kier alpha value is -2.04. The summed E-state index contributed by atoms with van der Waals surface area (Å²) in [5.74, 6) is -3.47. The highest BCUT2D eigenvalue weighted by Gasteiger charge is 2.21. The molecule has 0 aliphatic carbocycles. The molecule has 5 heteroatoms. The van der Waals surface area contributed by atoms with Crippen molar-refractivity contribution in [1.29, 1.82) is 0 Å². The number of carboxylic acid groups (broad SMARTS) is 1. The van der Waals surface area contributed by atoms with Gasteiger partial charge in [-0.3, -0.25) is 0 Å². The molecule has 2 aromatic rings. The summed E-state index contributed by atoms with van der Waals surface area (Å²) in [4.78, 5) is 10.5. The molecule has 1 aromatic carbocycles. The summed E-state index contributed by atoms with van der Waals surface area (Å²) in [6.45, 7) is 0. The van der Waals surface area contributed by atoms with E-state index in [1.807, 2.05) is 0 Å². The zero-order valence-electron chi connectivity index (χ0n) is 6.82. The highest BCUT2D eigenvalue weighted by molar-refractivity contribution is 5.97. The van der Waals surface area contributed by atoms with Gasteiger partial charge in [0.2, 0.25) is 0 Å². The third-order valence-corrected chi connectivity index (χ3v) is 1.83. The molecule has 0 saturated carbocycles. The van der Waals surface area contributed by atoms with Crippen LogP contribution in [-0.2, 0) is 0 Å². The molecule has 0 saturated heterocycles. The Bertz CT molecular complexity index is 515. The van der Waals surface area contributed by atoms with Gasteiger partial charge >= 0.3 is 5.97 Å². The average Bonchev–Trinajstić information content (AvgIpc) is 2.45. The lowest BCUT2D eigenvalue weighted by Gasteiger charge is -1.89. The second-order valence-electron chi connectivity index (χ2n) is 2.70. The van der Waals surface area contributed by atoms with Crippen molar-refractivity contribution in [3.63, 3.8) is 0 Å². The van der Waals surface area contributed by atoms with E-state index >= 15 is 0 Å². The zero-order chi connectivity index (χ0) is 10.3. The van der Waals surface area contributed by atoms with Gasteiger partial charge in [-0.2, -0.15) is 0 Å². The molecule has 0 amide bonds. The molecule has 0 radical (unpaired) electrons. The van der Waals surface area contributed by atoms with Gasteiger partial charge in [0.25, 0.3) is 5.76 Å². The number of aromatic hydroxyl groups is 1. The van der Waals surface area contributed by atoms with Gasteiger partial charge in [-0.15, -0.1) is 0 Å². The maximum Gasteiger partial charge on any atom is 0.375 e. The molecular weight excluding hydrogens is 191 g/mol. The van der Waals surface area contributed by atoms with Crippen molar-refractivity contribution in [2.75, 3.05) is 0 Å². The fraction of sp³-hybridized carbons (Fsp3) is 0. The highest BCUT2D eigenvalue weighted by atomic mass is 19.1. The minimum Gasteiger partial charge on any atom is -0.503 e. The first kappa shape index (κ1) is 8.55. The Morgan fingerprint density at radius 2 is 2.14 bits per heavy atom. The van der Waals surface area contributed by atoms with Crippen LogP contribution in [0.1, 0.15) is 10.6 Å². The van der Waals surface area contributed by atoms with Crippen molar-refractivity contribution < 1.29 is 23.8 Å². The standard InChI is InChI=1S/C9H5FO4/c10-4-2-1-3-5-6(4)7(11)8(14-5)9(12)13/h1-3,11H,(H,12,13). The van der Waals surface area contributed by atoms with Gasteiger partial charge in [0.1, 0.15) is 11.4 Å². The lowest BCUT2D eigenvalue weighted by atomic mass is 10.2. The fourth-order valence-corrected chi connectivity index (χ4v) is 1.24. The number of carboxylic acids is 1. The molecular formula is C9H5FO4. The molecule has 0 aliphatic rings. The molecule has 0 spiro atoms. The summed E-state index contributed by atoms with van der Waals surface area (Å²) < 4.78 is 17.9. The summed E-state index contributed by atoms with van der Waals surface area (Å²) in [5.41, 5.74) is 0.0138. The van der Waals surface area contributed by atoms with Crippen LogP contribution < -0.4 is 0 Å². The second-order valence-corrected chi connectivity index (χ2v) is 2.70. The quantitative estimate of drug-likeness (QED) is 0.731. The van der Waals surface area contributed by atoms with E-state index in [2.05, 4.69) is 0 Å². The van der Waals surface area contributed by atoms with Crippen LogP contribution in [0.2, 0.25) is 0 Å². The molecule has 0 atom stereocenters. The largest absolute Gasteiger partial charge is 0.503 e. The molecule has 0 bridgehead atoms. The number of furan rings is 1. The number of aromatic carboxylic acids is 1. The lowest BCUT2D eigenvalue weighted by molar-refractivity contribution is 0.0660. The van der Waals surface area contributed by atoms with Gasteiger partial charge in [0.15, 0.2) is 5.75 Å². The average molecular weight is 196 g/mol. The molecule has 2 rings (SSSR count). The van der Waals surface area contributed by atoms with Gasteiger partial charge in [0, 0.05) is 0 Å². The van der Waals surface area contributed by atoms with E-state index < -0.39 is 23.3 Å². The SMILES string of the molecule is O=C(O)c1oc2cccc(F)c2c1O. The molecule has 1 aromatic heterocycles. The van der Waals surface area contributed by atoms with Crippen molar-refractivity contribution in [3.8, 4) is 5.75 Å². The smallest absolute Gasteiger partial charge is 0.375 e. The molecule has 2 N–H and O–H groups in total. The number of benzene rings is 1. The number of fused-ring (bicyclic) bond motifs is 1. The third kappa shape index (κ3) is 1.02. The van der Waals surface area contributed by atoms with Crippen LogP contribution in [0.4, 0.5) is 4.39 Å². The van der Waals surface area contributed by atoms with Crippen LogP contribution in [0.3, 0.4) is 0 Å². The van der Waals surface area contributed by atoms with Crippen molar-refractivity contribution in [2.45, 2.75) is 0 Å². The molecule has 0 aliphatic heterocycles. The van der Waals surface area contributed by atoms with Gasteiger partial charge in [-0.1, -0.05) is 6.07 Å². The van der Waals surface area contributed by atoms with Crippen LogP contribution in [0, 0.1) is 5.82 Å². The predicted octanol–water partition coefficient (Wildman–Crippen LogP) is 1.98. The maximum absolute atomic E-state index is 13.1. The molecule has 72 valence electrons. The van der Waals surface area contributed by atoms with E-state index in [-0.39, 0.29) is 11.0 Å². The van der Waals surface area contributed by atoms with Crippen LogP contribution in [0.25, 0.3) is 11.0 Å². The van der Waals surface area contributed by atoms with E-state index in [1.165, 1.54) is 12.1 Å². The summed E-state index contributed by atoms with van der Waals surface area (Å²) in [6, 6.07) is 3.86. The summed E-state index contributed by atoms with van der Waals surface area (Å²) >= 11 is 0. The minimum absolute atomic E-state index is 0.0138. The van der Waals surface area contributed by atoms with Crippen LogP contribution >= 0.6 is 0 Å². The third-order valence-electron chi connectivity index (χ3n) is 1.83. The van der Waals surface area contributed by atoms with E-state index in [4.69, 9.17) is 9.52 Å². The van der Waals surface area contributed by atoms with Crippen LogP contribution in [-0.4, -0.2) is 16.2 Å². The van der Waals surface area contributed by atoms with Crippen molar-refractivity contribution in [1.82, 2.24) is 0 Å². The van der Waals surface area contributed by atoms with Gasteiger partial charge in [-0.05, 0) is 12.1 Å². The predicted molar refractivity (Wildman–Crippen MR) is 44.8 cm³/mol. The molecule has 4 nitrogen and oxygen atoms in total. The Kier molecular flexibility index (Phi) is 1.67. The number of rotatable bonds is 1. The summed E-state index contributed by atoms with van der Waals surface area (Å²) in [6.07, 6.45) is 0. The Labute approximate surface area is 77.2 Å². The van der Waals surface area contributed by atoms with Gasteiger partial charge in [0.05, 0.1) is 5.39 Å². The normalized spacial score (nSPS) is 10.6. The molecule has 1 heterocycles. The van der Waals surface area contributed by atoms with E-state index in [0.717, 1.165) is 6.07 Å². The fourth-order valence-electron chi connectivity index (χ4n) is 1.24. The zero-order valence-corrected chi connectivity index (χ0v) is 6.82. The topological polar surface area (TPSA) is 70.7 Å². The van der Waals surface area contributed by atoms with Crippen molar-refractivity contribution >= 4 is 16.9 Å². The van der Waals surface area contributed by atoms with Crippen LogP contribution in [0.5, 0.6) is 5.75 Å². The van der Waals surface area contributed by atoms with Crippen molar-refractivity contribution in [3.05, 3.63) is 29.8 Å². The number of hydrogen-bond donors (Lipinski definition) is 2. The maximum atomic E-state index is 13.1. The Morgan fingerprint density at radius 1 is 1.43 bits per heavy atom. The Morgan fingerprint density at radius 3 is 2.71 bits per heavy atom. The number of halogens is 1.